The van der Waals surface area contributed by atoms with E-state index in [9.17, 15) is 13.2 Å². The van der Waals surface area contributed by atoms with Gasteiger partial charge in [0, 0.05) is 31.0 Å². The Labute approximate surface area is 126 Å². The average molecular weight is 310 g/mol. The molecule has 1 aliphatic heterocycles. The molecular weight excluding hydrogens is 288 g/mol. The quantitative estimate of drug-likeness (QED) is 0.908. The summed E-state index contributed by atoms with van der Waals surface area (Å²) in [5.41, 5.74) is 1.12. The summed E-state index contributed by atoms with van der Waals surface area (Å²) >= 11 is 0. The number of likely N-dealkylation sites (tertiary alicyclic amines) is 1. The van der Waals surface area contributed by atoms with E-state index >= 15 is 0 Å². The third-order valence-electron chi connectivity index (χ3n) is 3.91. The molecule has 1 amide bonds. The zero-order chi connectivity index (χ0) is 15.6. The molecule has 0 aromatic heterocycles. The maximum Gasteiger partial charge on any atom is 0.254 e. The maximum absolute atomic E-state index is 12.6. The summed E-state index contributed by atoms with van der Waals surface area (Å²) in [6.07, 6.45) is 3.14. The van der Waals surface area contributed by atoms with Gasteiger partial charge in [-0.05, 0) is 44.5 Å². The summed E-state index contributed by atoms with van der Waals surface area (Å²) in [7, 11) is -1.45. The predicted octanol–water partition coefficient (Wildman–Crippen LogP) is 1.22. The van der Waals surface area contributed by atoms with Crippen molar-refractivity contribution in [3.8, 4) is 0 Å². The van der Waals surface area contributed by atoms with Gasteiger partial charge in [-0.2, -0.15) is 0 Å². The standard InChI is InChI=1S/C15H22N2O3S/c1-11-6-7-12(9-14(11)21(3,19)20)15(18)17-8-4-5-13(17)10-16-2/h6-7,9,13,16H,4-5,8,10H2,1-3H3. The molecule has 0 aliphatic carbocycles. The lowest BCUT2D eigenvalue weighted by atomic mass is 10.1. The lowest BCUT2D eigenvalue weighted by Crippen LogP contribution is -2.40. The maximum atomic E-state index is 12.6. The highest BCUT2D eigenvalue weighted by atomic mass is 32.2. The molecule has 1 atom stereocenters. The fraction of sp³-hybridized carbons (Fsp3) is 0.533. The first kappa shape index (κ1) is 16.0. The molecular formula is C15H22N2O3S. The van der Waals surface area contributed by atoms with Crippen LogP contribution in [0.1, 0.15) is 28.8 Å². The minimum absolute atomic E-state index is 0.0855. The van der Waals surface area contributed by atoms with Gasteiger partial charge in [-0.1, -0.05) is 6.07 Å². The first-order valence-electron chi connectivity index (χ1n) is 7.11. The van der Waals surface area contributed by atoms with Crippen molar-refractivity contribution in [1.29, 1.82) is 0 Å². The van der Waals surface area contributed by atoms with Crippen LogP contribution in [-0.4, -0.2) is 51.7 Å². The molecule has 6 heteroatoms. The van der Waals surface area contributed by atoms with Crippen molar-refractivity contribution < 1.29 is 13.2 Å². The Morgan fingerprint density at radius 2 is 2.14 bits per heavy atom. The van der Waals surface area contributed by atoms with E-state index in [2.05, 4.69) is 5.32 Å². The lowest BCUT2D eigenvalue weighted by Gasteiger charge is -2.25. The zero-order valence-corrected chi connectivity index (χ0v) is 13.5. The Balaban J connectivity index is 2.32. The molecule has 1 N–H and O–H groups in total. The van der Waals surface area contributed by atoms with Crippen molar-refractivity contribution in [2.75, 3.05) is 26.4 Å². The van der Waals surface area contributed by atoms with Crippen LogP contribution in [0, 0.1) is 6.92 Å². The highest BCUT2D eigenvalue weighted by Gasteiger charge is 2.29. The van der Waals surface area contributed by atoms with Crippen molar-refractivity contribution in [2.45, 2.75) is 30.7 Å². The van der Waals surface area contributed by atoms with Gasteiger partial charge in [0.15, 0.2) is 9.84 Å². The number of hydrogen-bond donors (Lipinski definition) is 1. The van der Waals surface area contributed by atoms with E-state index in [0.717, 1.165) is 25.9 Å². The van der Waals surface area contributed by atoms with E-state index in [1.54, 1.807) is 19.1 Å². The Hall–Kier alpha value is -1.40. The monoisotopic (exact) mass is 310 g/mol. The highest BCUT2D eigenvalue weighted by Crippen LogP contribution is 2.22. The number of rotatable bonds is 4. The summed E-state index contributed by atoms with van der Waals surface area (Å²) < 4.78 is 23.6. The molecule has 5 nitrogen and oxygen atoms in total. The number of nitrogens with one attached hydrogen (secondary N) is 1. The molecule has 0 saturated carbocycles. The summed E-state index contributed by atoms with van der Waals surface area (Å²) in [5.74, 6) is -0.0855. The Bertz CT molecular complexity index is 640. The minimum Gasteiger partial charge on any atom is -0.334 e. The summed E-state index contributed by atoms with van der Waals surface area (Å²) in [5, 5.41) is 3.10. The summed E-state index contributed by atoms with van der Waals surface area (Å²) in [6, 6.07) is 5.10. The van der Waals surface area contributed by atoms with Crippen LogP contribution in [0.25, 0.3) is 0 Å². The summed E-state index contributed by atoms with van der Waals surface area (Å²) in [4.78, 5) is 14.7. The zero-order valence-electron chi connectivity index (χ0n) is 12.7. The van der Waals surface area contributed by atoms with Crippen molar-refractivity contribution in [2.24, 2.45) is 0 Å². The minimum atomic E-state index is -3.32. The van der Waals surface area contributed by atoms with Crippen LogP contribution >= 0.6 is 0 Å². The van der Waals surface area contributed by atoms with Gasteiger partial charge in [0.25, 0.3) is 5.91 Å². The number of benzene rings is 1. The van der Waals surface area contributed by atoms with Crippen LogP contribution in [0.5, 0.6) is 0 Å². The van der Waals surface area contributed by atoms with Crippen LogP contribution in [0.4, 0.5) is 0 Å². The number of sulfone groups is 1. The van der Waals surface area contributed by atoms with Gasteiger partial charge < -0.3 is 10.2 Å². The third-order valence-corrected chi connectivity index (χ3v) is 5.15. The number of nitrogens with zero attached hydrogens (tertiary/aromatic N) is 1. The van der Waals surface area contributed by atoms with E-state index in [0.29, 0.717) is 11.1 Å². The molecule has 21 heavy (non-hydrogen) atoms. The van der Waals surface area contributed by atoms with Gasteiger partial charge in [-0.3, -0.25) is 4.79 Å². The molecule has 1 aromatic carbocycles. The van der Waals surface area contributed by atoms with Crippen molar-refractivity contribution in [3.63, 3.8) is 0 Å². The van der Waals surface area contributed by atoms with Crippen LogP contribution in [0.15, 0.2) is 23.1 Å². The van der Waals surface area contributed by atoms with Gasteiger partial charge in [-0.25, -0.2) is 8.42 Å². The topological polar surface area (TPSA) is 66.5 Å². The Morgan fingerprint density at radius 3 is 2.76 bits per heavy atom. The van der Waals surface area contributed by atoms with E-state index in [-0.39, 0.29) is 16.8 Å². The fourth-order valence-corrected chi connectivity index (χ4v) is 3.84. The largest absolute Gasteiger partial charge is 0.334 e. The molecule has 116 valence electrons. The molecule has 0 radical (unpaired) electrons. The summed E-state index contributed by atoms with van der Waals surface area (Å²) in [6.45, 7) is 3.23. The first-order chi connectivity index (χ1) is 9.84. The number of carbonyl (C=O) groups is 1. The second-order valence-electron chi connectivity index (χ2n) is 5.60. The second-order valence-corrected chi connectivity index (χ2v) is 7.59. The molecule has 1 unspecified atom stereocenters. The van der Waals surface area contributed by atoms with Gasteiger partial charge in [0.05, 0.1) is 4.90 Å². The van der Waals surface area contributed by atoms with E-state index in [4.69, 9.17) is 0 Å². The highest BCUT2D eigenvalue weighted by molar-refractivity contribution is 7.90. The van der Waals surface area contributed by atoms with Gasteiger partial charge in [0.2, 0.25) is 0 Å². The normalized spacial score (nSPS) is 19.0. The molecule has 1 heterocycles. The molecule has 1 fully saturated rings. The van der Waals surface area contributed by atoms with Crippen molar-refractivity contribution >= 4 is 15.7 Å². The van der Waals surface area contributed by atoms with E-state index in [1.807, 2.05) is 11.9 Å². The van der Waals surface area contributed by atoms with E-state index < -0.39 is 9.84 Å². The van der Waals surface area contributed by atoms with Crippen LogP contribution in [-0.2, 0) is 9.84 Å². The molecule has 1 aliphatic rings. The van der Waals surface area contributed by atoms with Crippen molar-refractivity contribution in [3.05, 3.63) is 29.3 Å². The van der Waals surface area contributed by atoms with Gasteiger partial charge in [0.1, 0.15) is 0 Å². The fourth-order valence-electron chi connectivity index (χ4n) is 2.85. The molecule has 1 saturated heterocycles. The molecule has 0 bridgehead atoms. The molecule has 1 aromatic rings. The van der Waals surface area contributed by atoms with Crippen molar-refractivity contribution in [1.82, 2.24) is 10.2 Å². The Morgan fingerprint density at radius 1 is 1.43 bits per heavy atom. The smallest absolute Gasteiger partial charge is 0.254 e. The second kappa shape index (κ2) is 6.15. The van der Waals surface area contributed by atoms with Crippen LogP contribution < -0.4 is 5.32 Å². The van der Waals surface area contributed by atoms with E-state index in [1.165, 1.54) is 12.3 Å². The average Bonchev–Trinajstić information content (AvgIpc) is 2.86. The first-order valence-corrected chi connectivity index (χ1v) is 9.00. The SMILES string of the molecule is CNCC1CCCN1C(=O)c1ccc(C)c(S(C)(=O)=O)c1. The van der Waals surface area contributed by atoms with Crippen LogP contribution in [0.3, 0.4) is 0 Å². The number of carbonyl (C=O) groups excluding carboxylic acids is 1. The van der Waals surface area contributed by atoms with Gasteiger partial charge >= 0.3 is 0 Å². The molecule has 2 rings (SSSR count). The molecule has 0 spiro atoms. The van der Waals surface area contributed by atoms with Gasteiger partial charge in [-0.15, -0.1) is 0 Å². The third kappa shape index (κ3) is 3.44. The van der Waals surface area contributed by atoms with Crippen LogP contribution in [0.2, 0.25) is 0 Å². The number of likely N-dealkylation sites (N-methyl/N-ethyl adjacent to an activating group) is 1. The number of amides is 1. The predicted molar refractivity (Wildman–Crippen MR) is 82.3 cm³/mol. The Kier molecular flexibility index (Phi) is 4.68. The number of aryl methyl sites for hydroxylation is 1. The lowest BCUT2D eigenvalue weighted by molar-refractivity contribution is 0.0737. The number of hydrogen-bond acceptors (Lipinski definition) is 4.